The molecule has 0 spiro atoms. The van der Waals surface area contributed by atoms with Crippen LogP contribution in [0.3, 0.4) is 0 Å². The second-order valence-corrected chi connectivity index (χ2v) is 3.69. The molecular formula is C9H7ClN2OS. The smallest absolute Gasteiger partial charge is 0.252 e. The topological polar surface area (TPSA) is 32.3 Å². The van der Waals surface area contributed by atoms with E-state index >= 15 is 0 Å². The van der Waals surface area contributed by atoms with E-state index in [0.29, 0.717) is 15.8 Å². The fraction of sp³-hybridized carbons (Fsp3) is 0.111. The zero-order chi connectivity index (χ0) is 10.1. The summed E-state index contributed by atoms with van der Waals surface area (Å²) in [6.07, 6.45) is 0. The number of amides is 1. The molecule has 1 aromatic rings. The average molecular weight is 227 g/mol. The van der Waals surface area contributed by atoms with Gasteiger partial charge >= 0.3 is 0 Å². The van der Waals surface area contributed by atoms with Crippen LogP contribution in [0.2, 0.25) is 5.02 Å². The van der Waals surface area contributed by atoms with Gasteiger partial charge in [-0.15, -0.1) is 0 Å². The summed E-state index contributed by atoms with van der Waals surface area (Å²) in [5.74, 6) is -0.0581. The molecule has 14 heavy (non-hydrogen) atoms. The van der Waals surface area contributed by atoms with Gasteiger partial charge in [-0.1, -0.05) is 17.7 Å². The fourth-order valence-electron chi connectivity index (χ4n) is 1.30. The molecule has 0 saturated carbocycles. The molecule has 1 saturated heterocycles. The van der Waals surface area contributed by atoms with Crippen molar-refractivity contribution in [1.29, 1.82) is 0 Å². The predicted octanol–water partition coefficient (Wildman–Crippen LogP) is 1.56. The van der Waals surface area contributed by atoms with Gasteiger partial charge in [0, 0.05) is 5.02 Å². The largest absolute Gasteiger partial charge is 0.353 e. The fourth-order valence-corrected chi connectivity index (χ4v) is 1.76. The third-order valence-corrected chi connectivity index (χ3v) is 2.47. The van der Waals surface area contributed by atoms with Crippen molar-refractivity contribution in [2.24, 2.45) is 0 Å². The first kappa shape index (κ1) is 9.43. The molecule has 72 valence electrons. The molecule has 1 aromatic carbocycles. The van der Waals surface area contributed by atoms with Crippen LogP contribution in [0.25, 0.3) is 0 Å². The number of hydrogen-bond donors (Lipinski definition) is 1. The first-order valence-electron chi connectivity index (χ1n) is 4.05. The van der Waals surface area contributed by atoms with Crippen molar-refractivity contribution in [2.45, 2.75) is 0 Å². The van der Waals surface area contributed by atoms with E-state index in [1.165, 1.54) is 4.90 Å². The maximum atomic E-state index is 11.4. The molecule has 1 aliphatic heterocycles. The Hall–Kier alpha value is -1.13. The number of halogens is 1. The standard InChI is InChI=1S/C9H7ClN2OS/c10-6-2-1-3-7(4-6)12-8(13)5-11-9(12)14/h1-4H,5H2,(H,11,14). The lowest BCUT2D eigenvalue weighted by molar-refractivity contribution is -0.115. The van der Waals surface area contributed by atoms with Gasteiger partial charge in [0.1, 0.15) is 0 Å². The summed E-state index contributed by atoms with van der Waals surface area (Å²) in [6.45, 7) is 0.255. The number of nitrogens with one attached hydrogen (secondary N) is 1. The number of carbonyl (C=O) groups excluding carboxylic acids is 1. The van der Waals surface area contributed by atoms with Crippen LogP contribution in [0.1, 0.15) is 0 Å². The molecule has 1 fully saturated rings. The van der Waals surface area contributed by atoms with Gasteiger partial charge in [-0.2, -0.15) is 0 Å². The Kier molecular flexibility index (Phi) is 2.39. The zero-order valence-electron chi connectivity index (χ0n) is 7.16. The molecule has 3 nitrogen and oxygen atoms in total. The number of hydrogen-bond acceptors (Lipinski definition) is 2. The second-order valence-electron chi connectivity index (χ2n) is 2.87. The molecule has 0 bridgehead atoms. The SMILES string of the molecule is O=C1CNC(=S)N1c1cccc(Cl)c1. The summed E-state index contributed by atoms with van der Waals surface area (Å²) in [6, 6.07) is 7.04. The van der Waals surface area contributed by atoms with E-state index in [4.69, 9.17) is 23.8 Å². The molecule has 1 amide bonds. The number of carbonyl (C=O) groups is 1. The van der Waals surface area contributed by atoms with Crippen LogP contribution in [-0.4, -0.2) is 17.6 Å². The molecule has 0 aliphatic carbocycles. The highest BCUT2D eigenvalue weighted by Crippen LogP contribution is 2.21. The van der Waals surface area contributed by atoms with Gasteiger partial charge in [-0.05, 0) is 30.4 Å². The Morgan fingerprint density at radius 2 is 2.29 bits per heavy atom. The monoisotopic (exact) mass is 226 g/mol. The first-order valence-corrected chi connectivity index (χ1v) is 4.83. The zero-order valence-corrected chi connectivity index (χ0v) is 8.73. The lowest BCUT2D eigenvalue weighted by Gasteiger charge is -2.14. The molecule has 1 aliphatic rings. The van der Waals surface area contributed by atoms with Crippen molar-refractivity contribution in [3.8, 4) is 0 Å². The molecule has 1 N–H and O–H groups in total. The number of anilines is 1. The summed E-state index contributed by atoms with van der Waals surface area (Å²) in [7, 11) is 0. The van der Waals surface area contributed by atoms with Crippen LogP contribution >= 0.6 is 23.8 Å². The van der Waals surface area contributed by atoms with Gasteiger partial charge in [-0.25, -0.2) is 0 Å². The molecular weight excluding hydrogens is 220 g/mol. The molecule has 0 atom stereocenters. The molecule has 0 unspecified atom stereocenters. The Morgan fingerprint density at radius 3 is 2.86 bits per heavy atom. The Morgan fingerprint density at radius 1 is 1.50 bits per heavy atom. The third kappa shape index (κ3) is 1.58. The van der Waals surface area contributed by atoms with Gasteiger partial charge in [0.25, 0.3) is 5.91 Å². The Balaban J connectivity index is 2.39. The minimum absolute atomic E-state index is 0.0581. The second kappa shape index (κ2) is 3.55. The van der Waals surface area contributed by atoms with Crippen LogP contribution in [0.15, 0.2) is 24.3 Å². The van der Waals surface area contributed by atoms with Crippen molar-refractivity contribution < 1.29 is 4.79 Å². The quantitative estimate of drug-likeness (QED) is 0.738. The van der Waals surface area contributed by atoms with Crippen molar-refractivity contribution in [3.05, 3.63) is 29.3 Å². The van der Waals surface area contributed by atoms with Crippen molar-refractivity contribution in [1.82, 2.24) is 5.32 Å². The van der Waals surface area contributed by atoms with Crippen LogP contribution in [-0.2, 0) is 4.79 Å². The summed E-state index contributed by atoms with van der Waals surface area (Å²) in [4.78, 5) is 12.9. The van der Waals surface area contributed by atoms with E-state index in [-0.39, 0.29) is 12.5 Å². The number of rotatable bonds is 1. The predicted molar refractivity (Wildman–Crippen MR) is 59.5 cm³/mol. The molecule has 0 aromatic heterocycles. The van der Waals surface area contributed by atoms with E-state index in [1.807, 2.05) is 0 Å². The first-order chi connectivity index (χ1) is 6.68. The maximum Gasteiger partial charge on any atom is 0.252 e. The maximum absolute atomic E-state index is 11.4. The van der Waals surface area contributed by atoms with Crippen LogP contribution < -0.4 is 10.2 Å². The minimum atomic E-state index is -0.0581. The summed E-state index contributed by atoms with van der Waals surface area (Å²) >= 11 is 10.8. The van der Waals surface area contributed by atoms with Crippen LogP contribution in [0.4, 0.5) is 5.69 Å². The van der Waals surface area contributed by atoms with E-state index in [0.717, 1.165) is 0 Å². The van der Waals surface area contributed by atoms with Crippen molar-refractivity contribution >= 4 is 40.5 Å². The van der Waals surface area contributed by atoms with E-state index in [9.17, 15) is 4.79 Å². The van der Waals surface area contributed by atoms with E-state index in [2.05, 4.69) is 5.32 Å². The van der Waals surface area contributed by atoms with Crippen LogP contribution in [0, 0.1) is 0 Å². The molecule has 1 heterocycles. The Bertz CT molecular complexity index is 392. The minimum Gasteiger partial charge on any atom is -0.353 e. The highest BCUT2D eigenvalue weighted by molar-refractivity contribution is 7.80. The van der Waals surface area contributed by atoms with Gasteiger partial charge in [0.2, 0.25) is 0 Å². The Labute approximate surface area is 91.7 Å². The molecule has 5 heteroatoms. The summed E-state index contributed by atoms with van der Waals surface area (Å²) < 4.78 is 0. The normalized spacial score (nSPS) is 15.9. The summed E-state index contributed by atoms with van der Waals surface area (Å²) in [5, 5.41) is 3.82. The lowest BCUT2D eigenvalue weighted by Crippen LogP contribution is -2.30. The van der Waals surface area contributed by atoms with Gasteiger partial charge in [-0.3, -0.25) is 9.69 Å². The molecule has 2 rings (SSSR count). The highest BCUT2D eigenvalue weighted by atomic mass is 35.5. The van der Waals surface area contributed by atoms with E-state index in [1.54, 1.807) is 24.3 Å². The van der Waals surface area contributed by atoms with Gasteiger partial charge in [0.15, 0.2) is 5.11 Å². The lowest BCUT2D eigenvalue weighted by atomic mass is 10.3. The number of thiocarbonyl (C=S) groups is 1. The summed E-state index contributed by atoms with van der Waals surface area (Å²) in [5.41, 5.74) is 0.706. The number of benzene rings is 1. The van der Waals surface area contributed by atoms with E-state index < -0.39 is 0 Å². The molecule has 0 radical (unpaired) electrons. The van der Waals surface area contributed by atoms with Crippen LogP contribution in [0.5, 0.6) is 0 Å². The van der Waals surface area contributed by atoms with Crippen molar-refractivity contribution in [3.63, 3.8) is 0 Å². The highest BCUT2D eigenvalue weighted by Gasteiger charge is 2.26. The third-order valence-electron chi connectivity index (χ3n) is 1.91. The van der Waals surface area contributed by atoms with Gasteiger partial charge in [0.05, 0.1) is 12.2 Å². The van der Waals surface area contributed by atoms with Crippen molar-refractivity contribution in [2.75, 3.05) is 11.4 Å². The number of nitrogens with zero attached hydrogens (tertiary/aromatic N) is 1. The van der Waals surface area contributed by atoms with Gasteiger partial charge < -0.3 is 5.32 Å². The average Bonchev–Trinajstić information content (AvgIpc) is 2.46.